The van der Waals surface area contributed by atoms with Gasteiger partial charge in [-0.05, 0) is 60.4 Å². The van der Waals surface area contributed by atoms with Crippen molar-refractivity contribution in [3.05, 3.63) is 53.3 Å². The van der Waals surface area contributed by atoms with Crippen molar-refractivity contribution in [2.75, 3.05) is 6.61 Å². The van der Waals surface area contributed by atoms with Gasteiger partial charge in [-0.2, -0.15) is 0 Å². The first-order valence-electron chi connectivity index (χ1n) is 12.4. The number of benzene rings is 2. The molecule has 176 valence electrons. The van der Waals surface area contributed by atoms with Crippen LogP contribution < -0.4 is 4.74 Å². The molecule has 1 aliphatic carbocycles. The van der Waals surface area contributed by atoms with E-state index in [0.29, 0.717) is 5.56 Å². The number of hydrogen-bond acceptors (Lipinski definition) is 1. The summed E-state index contributed by atoms with van der Waals surface area (Å²) < 4.78 is 46.9. The van der Waals surface area contributed by atoms with Crippen LogP contribution in [-0.2, 0) is 6.42 Å². The molecule has 2 aromatic rings. The first-order chi connectivity index (χ1) is 15.5. The molecule has 2 aromatic carbocycles. The van der Waals surface area contributed by atoms with E-state index in [4.69, 9.17) is 4.74 Å². The molecular formula is C28H37F3O. The van der Waals surface area contributed by atoms with Gasteiger partial charge in [0.1, 0.15) is 0 Å². The molecule has 0 radical (unpaired) electrons. The second-order valence-corrected chi connectivity index (χ2v) is 9.19. The molecule has 32 heavy (non-hydrogen) atoms. The van der Waals surface area contributed by atoms with E-state index in [-0.39, 0.29) is 17.9 Å². The van der Waals surface area contributed by atoms with Gasteiger partial charge < -0.3 is 4.74 Å². The minimum absolute atomic E-state index is 0.123. The van der Waals surface area contributed by atoms with Crippen molar-refractivity contribution >= 4 is 0 Å². The van der Waals surface area contributed by atoms with Gasteiger partial charge in [-0.1, -0.05) is 82.6 Å². The molecule has 0 unspecified atom stereocenters. The van der Waals surface area contributed by atoms with Crippen molar-refractivity contribution in [2.24, 2.45) is 11.8 Å². The summed E-state index contributed by atoms with van der Waals surface area (Å²) in [7, 11) is 0. The number of rotatable bonds is 11. The number of hydrogen-bond donors (Lipinski definition) is 0. The summed E-state index contributed by atoms with van der Waals surface area (Å²) in [5.74, 6) is 0.770. The van der Waals surface area contributed by atoms with Crippen molar-refractivity contribution in [1.82, 2.24) is 0 Å². The van der Waals surface area contributed by atoms with E-state index in [1.165, 1.54) is 69.1 Å². The Morgan fingerprint density at radius 1 is 0.875 bits per heavy atom. The SMILES string of the molecule is CCCC1CCC(CCCCc2ccc(-c3ccc(OCC)c(F)c3C(F)F)cc2)CC1. The highest BCUT2D eigenvalue weighted by molar-refractivity contribution is 5.69. The molecule has 0 amide bonds. The molecule has 1 nitrogen and oxygen atoms in total. The minimum Gasteiger partial charge on any atom is -0.491 e. The molecule has 0 aliphatic heterocycles. The standard InChI is InChI=1S/C28H37F3O/c1-3-7-20-10-12-21(13-11-20)8-5-6-9-22-14-16-23(17-15-22)24-18-19-25(32-4-2)27(29)26(24)28(30)31/h14-21,28H,3-13H2,1-2H3. The largest absolute Gasteiger partial charge is 0.491 e. The Morgan fingerprint density at radius 3 is 2.12 bits per heavy atom. The van der Waals surface area contributed by atoms with Crippen LogP contribution in [-0.4, -0.2) is 6.61 Å². The Balaban J connectivity index is 1.53. The van der Waals surface area contributed by atoms with Gasteiger partial charge in [0.15, 0.2) is 11.6 Å². The second kappa shape index (κ2) is 12.3. The second-order valence-electron chi connectivity index (χ2n) is 9.19. The third kappa shape index (κ3) is 6.52. The maximum atomic E-state index is 14.5. The van der Waals surface area contributed by atoms with Crippen LogP contribution in [0.5, 0.6) is 5.75 Å². The summed E-state index contributed by atoms with van der Waals surface area (Å²) >= 11 is 0. The fraction of sp³-hybridized carbons (Fsp3) is 0.571. The van der Waals surface area contributed by atoms with Crippen molar-refractivity contribution in [3.63, 3.8) is 0 Å². The topological polar surface area (TPSA) is 9.23 Å². The van der Waals surface area contributed by atoms with Crippen molar-refractivity contribution < 1.29 is 17.9 Å². The van der Waals surface area contributed by atoms with Gasteiger partial charge in [0.2, 0.25) is 0 Å². The Bertz CT molecular complexity index is 823. The normalized spacial score (nSPS) is 18.8. The molecule has 3 rings (SSSR count). The van der Waals surface area contributed by atoms with Crippen LogP contribution in [0.2, 0.25) is 0 Å². The van der Waals surface area contributed by atoms with Gasteiger partial charge in [-0.15, -0.1) is 0 Å². The summed E-state index contributed by atoms with van der Waals surface area (Å²) in [6, 6.07) is 10.6. The zero-order valence-electron chi connectivity index (χ0n) is 19.5. The summed E-state index contributed by atoms with van der Waals surface area (Å²) in [5.41, 5.74) is 1.45. The number of unbranched alkanes of at least 4 members (excludes halogenated alkanes) is 1. The number of alkyl halides is 2. The van der Waals surface area contributed by atoms with Gasteiger partial charge >= 0.3 is 0 Å². The molecule has 1 saturated carbocycles. The summed E-state index contributed by atoms with van der Waals surface area (Å²) in [6.45, 7) is 4.21. The molecule has 0 N–H and O–H groups in total. The van der Waals surface area contributed by atoms with E-state index in [1.54, 1.807) is 6.92 Å². The average molecular weight is 447 g/mol. The lowest BCUT2D eigenvalue weighted by atomic mass is 9.78. The molecule has 1 fully saturated rings. The zero-order chi connectivity index (χ0) is 22.9. The van der Waals surface area contributed by atoms with E-state index >= 15 is 0 Å². The number of aryl methyl sites for hydroxylation is 1. The van der Waals surface area contributed by atoms with Gasteiger partial charge in [0, 0.05) is 0 Å². The summed E-state index contributed by atoms with van der Waals surface area (Å²) in [4.78, 5) is 0. The Morgan fingerprint density at radius 2 is 1.53 bits per heavy atom. The monoisotopic (exact) mass is 446 g/mol. The zero-order valence-corrected chi connectivity index (χ0v) is 19.5. The van der Waals surface area contributed by atoms with Gasteiger partial charge in [-0.25, -0.2) is 13.2 Å². The number of halogens is 3. The van der Waals surface area contributed by atoms with E-state index in [0.717, 1.165) is 24.7 Å². The quantitative estimate of drug-likeness (QED) is 0.313. The van der Waals surface area contributed by atoms with Crippen LogP contribution in [0.1, 0.15) is 89.2 Å². The molecule has 0 bridgehead atoms. The van der Waals surface area contributed by atoms with E-state index in [9.17, 15) is 13.2 Å². The molecule has 0 aromatic heterocycles. The highest BCUT2D eigenvalue weighted by Crippen LogP contribution is 2.37. The Labute approximate surface area is 191 Å². The van der Waals surface area contributed by atoms with Gasteiger partial charge in [0.25, 0.3) is 6.43 Å². The predicted molar refractivity (Wildman–Crippen MR) is 126 cm³/mol. The number of ether oxygens (including phenoxy) is 1. The van der Waals surface area contributed by atoms with Crippen molar-refractivity contribution in [2.45, 2.75) is 84.5 Å². The average Bonchev–Trinajstić information content (AvgIpc) is 2.79. The van der Waals surface area contributed by atoms with Crippen LogP contribution in [0.4, 0.5) is 13.2 Å². The van der Waals surface area contributed by atoms with E-state index in [1.807, 2.05) is 24.3 Å². The first-order valence-corrected chi connectivity index (χ1v) is 12.4. The van der Waals surface area contributed by atoms with E-state index in [2.05, 4.69) is 6.92 Å². The van der Waals surface area contributed by atoms with Crippen LogP contribution >= 0.6 is 0 Å². The molecule has 0 spiro atoms. The molecule has 0 heterocycles. The lowest BCUT2D eigenvalue weighted by Crippen LogP contribution is -2.14. The Hall–Kier alpha value is -1.97. The van der Waals surface area contributed by atoms with Crippen molar-refractivity contribution in [3.8, 4) is 16.9 Å². The van der Waals surface area contributed by atoms with Gasteiger partial charge in [0.05, 0.1) is 12.2 Å². The van der Waals surface area contributed by atoms with E-state index < -0.39 is 17.8 Å². The molecule has 1 aliphatic rings. The molecular weight excluding hydrogens is 409 g/mol. The third-order valence-corrected chi connectivity index (χ3v) is 6.92. The summed E-state index contributed by atoms with van der Waals surface area (Å²) in [6.07, 6.45) is 10.1. The highest BCUT2D eigenvalue weighted by Gasteiger charge is 2.23. The third-order valence-electron chi connectivity index (χ3n) is 6.92. The lowest BCUT2D eigenvalue weighted by Gasteiger charge is -2.28. The summed E-state index contributed by atoms with van der Waals surface area (Å²) in [5, 5.41) is 0. The smallest absolute Gasteiger partial charge is 0.267 e. The fourth-order valence-corrected chi connectivity index (χ4v) is 5.14. The van der Waals surface area contributed by atoms with Crippen LogP contribution in [0.25, 0.3) is 11.1 Å². The van der Waals surface area contributed by atoms with Crippen LogP contribution in [0, 0.1) is 17.7 Å². The minimum atomic E-state index is -2.90. The van der Waals surface area contributed by atoms with Crippen LogP contribution in [0.15, 0.2) is 36.4 Å². The highest BCUT2D eigenvalue weighted by atomic mass is 19.3. The fourth-order valence-electron chi connectivity index (χ4n) is 5.14. The molecule has 0 saturated heterocycles. The predicted octanol–water partition coefficient (Wildman–Crippen LogP) is 9.15. The maximum Gasteiger partial charge on any atom is 0.267 e. The maximum absolute atomic E-state index is 14.5. The van der Waals surface area contributed by atoms with Gasteiger partial charge in [-0.3, -0.25) is 0 Å². The van der Waals surface area contributed by atoms with Crippen LogP contribution in [0.3, 0.4) is 0 Å². The molecule has 0 atom stereocenters. The lowest BCUT2D eigenvalue weighted by molar-refractivity contribution is 0.145. The van der Waals surface area contributed by atoms with Crippen molar-refractivity contribution in [1.29, 1.82) is 0 Å². The first kappa shape index (κ1) is 24.7. The Kier molecular flexibility index (Phi) is 9.50. The molecule has 4 heteroatoms.